The number of aryl methyl sites for hydroxylation is 1. The third-order valence-corrected chi connectivity index (χ3v) is 2.80. The minimum Gasteiger partial charge on any atom is -0.385 e. The van der Waals surface area contributed by atoms with Crippen molar-refractivity contribution in [1.82, 2.24) is 9.38 Å². The molecule has 0 N–H and O–H groups in total. The van der Waals surface area contributed by atoms with Crippen LogP contribution in [0.25, 0.3) is 5.65 Å². The molecule has 80 valence electrons. The van der Waals surface area contributed by atoms with Crippen LogP contribution in [0.5, 0.6) is 0 Å². The molecule has 3 nitrogen and oxygen atoms in total. The molecule has 0 radical (unpaired) electrons. The van der Waals surface area contributed by atoms with Crippen molar-refractivity contribution in [3.63, 3.8) is 0 Å². The number of ether oxygens (including phenoxy) is 1. The Hall–Kier alpha value is -0.870. The first-order chi connectivity index (χ1) is 7.31. The number of aromatic nitrogens is 2. The summed E-state index contributed by atoms with van der Waals surface area (Å²) in [6.45, 7) is 0.793. The van der Waals surface area contributed by atoms with Gasteiger partial charge >= 0.3 is 0 Å². The van der Waals surface area contributed by atoms with Crippen molar-refractivity contribution in [2.75, 3.05) is 13.7 Å². The Morgan fingerprint density at radius 2 is 2.33 bits per heavy atom. The van der Waals surface area contributed by atoms with Gasteiger partial charge in [-0.25, -0.2) is 4.98 Å². The highest BCUT2D eigenvalue weighted by Crippen LogP contribution is 2.14. The molecular formula is C11H13BrN2O. The summed E-state index contributed by atoms with van der Waals surface area (Å²) in [7, 11) is 1.73. The number of halogens is 1. The number of hydrogen-bond donors (Lipinski definition) is 0. The van der Waals surface area contributed by atoms with Crippen LogP contribution in [-0.4, -0.2) is 23.1 Å². The number of hydrogen-bond acceptors (Lipinski definition) is 2. The third-order valence-electron chi connectivity index (χ3n) is 2.33. The fourth-order valence-electron chi connectivity index (χ4n) is 1.59. The van der Waals surface area contributed by atoms with Gasteiger partial charge in [-0.3, -0.25) is 0 Å². The maximum atomic E-state index is 5.04. The van der Waals surface area contributed by atoms with Gasteiger partial charge < -0.3 is 9.14 Å². The van der Waals surface area contributed by atoms with Gasteiger partial charge in [0.2, 0.25) is 0 Å². The first kappa shape index (κ1) is 10.6. The molecule has 2 aromatic rings. The first-order valence-electron chi connectivity index (χ1n) is 4.91. The van der Waals surface area contributed by atoms with E-state index in [1.807, 2.05) is 24.5 Å². The Morgan fingerprint density at radius 3 is 3.13 bits per heavy atom. The van der Waals surface area contributed by atoms with Crippen molar-refractivity contribution in [3.8, 4) is 0 Å². The summed E-state index contributed by atoms with van der Waals surface area (Å²) in [4.78, 5) is 4.34. The highest BCUT2D eigenvalue weighted by atomic mass is 79.9. The second-order valence-electron chi connectivity index (χ2n) is 3.42. The molecule has 2 aromatic heterocycles. The predicted molar refractivity (Wildman–Crippen MR) is 63.1 cm³/mol. The lowest BCUT2D eigenvalue weighted by atomic mass is 10.2. The zero-order valence-electron chi connectivity index (χ0n) is 8.61. The zero-order chi connectivity index (χ0) is 10.7. The number of rotatable bonds is 4. The van der Waals surface area contributed by atoms with Crippen molar-refractivity contribution >= 4 is 21.6 Å². The van der Waals surface area contributed by atoms with Crippen molar-refractivity contribution < 1.29 is 4.74 Å². The van der Waals surface area contributed by atoms with E-state index < -0.39 is 0 Å². The Labute approximate surface area is 97.2 Å². The van der Waals surface area contributed by atoms with Gasteiger partial charge in [-0.15, -0.1) is 0 Å². The minimum atomic E-state index is 0.793. The third kappa shape index (κ3) is 2.38. The molecule has 0 aliphatic heterocycles. The summed E-state index contributed by atoms with van der Waals surface area (Å²) in [6, 6.07) is 4.01. The van der Waals surface area contributed by atoms with Crippen LogP contribution in [0.2, 0.25) is 0 Å². The van der Waals surface area contributed by atoms with E-state index in [4.69, 9.17) is 4.74 Å². The fraction of sp³-hybridized carbons (Fsp3) is 0.364. The van der Waals surface area contributed by atoms with Crippen LogP contribution in [0.15, 0.2) is 29.0 Å². The predicted octanol–water partition coefficient (Wildman–Crippen LogP) is 2.68. The Morgan fingerprint density at radius 1 is 1.47 bits per heavy atom. The van der Waals surface area contributed by atoms with Crippen LogP contribution in [0.1, 0.15) is 12.1 Å². The van der Waals surface area contributed by atoms with Gasteiger partial charge in [0, 0.05) is 36.3 Å². The fourth-order valence-corrected chi connectivity index (χ4v) is 1.92. The van der Waals surface area contributed by atoms with Crippen molar-refractivity contribution in [2.24, 2.45) is 0 Å². The van der Waals surface area contributed by atoms with E-state index >= 15 is 0 Å². The number of imidazole rings is 1. The molecule has 0 amide bonds. The van der Waals surface area contributed by atoms with Gasteiger partial charge in [-0.2, -0.15) is 0 Å². The summed E-state index contributed by atoms with van der Waals surface area (Å²) in [5.41, 5.74) is 2.22. The molecule has 0 fully saturated rings. The molecule has 0 aliphatic carbocycles. The molecule has 2 rings (SSSR count). The Bertz CT molecular complexity index is 453. The lowest BCUT2D eigenvalue weighted by molar-refractivity contribution is 0.195. The van der Waals surface area contributed by atoms with Crippen LogP contribution in [0.3, 0.4) is 0 Å². The van der Waals surface area contributed by atoms with E-state index in [0.29, 0.717) is 0 Å². The van der Waals surface area contributed by atoms with E-state index in [1.165, 1.54) is 5.69 Å². The van der Waals surface area contributed by atoms with Gasteiger partial charge in [0.1, 0.15) is 5.65 Å². The van der Waals surface area contributed by atoms with E-state index in [0.717, 1.165) is 29.6 Å². The van der Waals surface area contributed by atoms with Crippen molar-refractivity contribution in [3.05, 3.63) is 34.7 Å². The summed E-state index contributed by atoms with van der Waals surface area (Å²) in [6.07, 6.45) is 5.99. The van der Waals surface area contributed by atoms with Gasteiger partial charge in [-0.1, -0.05) is 0 Å². The number of fused-ring (bicyclic) bond motifs is 1. The molecule has 0 spiro atoms. The first-order valence-corrected chi connectivity index (χ1v) is 5.71. The molecule has 15 heavy (non-hydrogen) atoms. The van der Waals surface area contributed by atoms with Gasteiger partial charge in [0.15, 0.2) is 0 Å². The number of methoxy groups -OCH3 is 1. The smallest absolute Gasteiger partial charge is 0.136 e. The molecule has 4 heteroatoms. The molecule has 0 bridgehead atoms. The van der Waals surface area contributed by atoms with Gasteiger partial charge in [-0.05, 0) is 40.9 Å². The quantitative estimate of drug-likeness (QED) is 0.798. The average molecular weight is 269 g/mol. The second-order valence-corrected chi connectivity index (χ2v) is 4.34. The Balaban J connectivity index is 2.23. The molecule has 0 saturated carbocycles. The summed E-state index contributed by atoms with van der Waals surface area (Å²) in [5.74, 6) is 0. The van der Waals surface area contributed by atoms with E-state index in [-0.39, 0.29) is 0 Å². The monoisotopic (exact) mass is 268 g/mol. The van der Waals surface area contributed by atoms with E-state index in [1.54, 1.807) is 7.11 Å². The maximum Gasteiger partial charge on any atom is 0.136 e. The highest BCUT2D eigenvalue weighted by molar-refractivity contribution is 9.10. The van der Waals surface area contributed by atoms with Crippen LogP contribution in [-0.2, 0) is 11.2 Å². The lowest BCUT2D eigenvalue weighted by Crippen LogP contribution is -1.96. The molecule has 2 heterocycles. The minimum absolute atomic E-state index is 0.793. The van der Waals surface area contributed by atoms with Crippen LogP contribution in [0, 0.1) is 0 Å². The van der Waals surface area contributed by atoms with Crippen LogP contribution in [0.4, 0.5) is 0 Å². The van der Waals surface area contributed by atoms with Gasteiger partial charge in [0.25, 0.3) is 0 Å². The van der Waals surface area contributed by atoms with E-state index in [2.05, 4.69) is 25.3 Å². The molecular weight excluding hydrogens is 256 g/mol. The average Bonchev–Trinajstić information content (AvgIpc) is 2.62. The van der Waals surface area contributed by atoms with Crippen molar-refractivity contribution in [2.45, 2.75) is 12.8 Å². The van der Waals surface area contributed by atoms with Crippen LogP contribution < -0.4 is 0 Å². The normalized spacial score (nSPS) is 11.1. The Kier molecular flexibility index (Phi) is 3.38. The summed E-state index contributed by atoms with van der Waals surface area (Å²) < 4.78 is 8.22. The zero-order valence-corrected chi connectivity index (χ0v) is 10.2. The van der Waals surface area contributed by atoms with E-state index in [9.17, 15) is 0 Å². The number of pyridine rings is 1. The largest absolute Gasteiger partial charge is 0.385 e. The molecule has 0 atom stereocenters. The molecule has 0 saturated heterocycles. The standard InChI is InChI=1S/C11H13BrN2O/c1-15-6-2-3-10-7-13-11-5-4-9(12)8-14(10)11/h4-5,7-8H,2-3,6H2,1H3. The van der Waals surface area contributed by atoms with Crippen molar-refractivity contribution in [1.29, 1.82) is 0 Å². The summed E-state index contributed by atoms with van der Waals surface area (Å²) >= 11 is 3.46. The summed E-state index contributed by atoms with van der Waals surface area (Å²) in [5, 5.41) is 0. The number of nitrogens with zero attached hydrogens (tertiary/aromatic N) is 2. The lowest BCUT2D eigenvalue weighted by Gasteiger charge is -2.01. The topological polar surface area (TPSA) is 26.5 Å². The molecule has 0 aliphatic rings. The second kappa shape index (κ2) is 4.77. The molecule has 0 aromatic carbocycles. The maximum absolute atomic E-state index is 5.04. The van der Waals surface area contributed by atoms with Crippen LogP contribution >= 0.6 is 15.9 Å². The molecule has 0 unspecified atom stereocenters. The highest BCUT2D eigenvalue weighted by Gasteiger charge is 2.02. The SMILES string of the molecule is COCCCc1cnc2ccc(Br)cn12. The van der Waals surface area contributed by atoms with Gasteiger partial charge in [0.05, 0.1) is 0 Å².